The van der Waals surface area contributed by atoms with Crippen LogP contribution in [0.3, 0.4) is 0 Å². The Morgan fingerprint density at radius 1 is 1.12 bits per heavy atom. The molecular weight excluding hydrogens is 310 g/mol. The number of para-hydroxylation sites is 1. The highest BCUT2D eigenvalue weighted by Crippen LogP contribution is 2.48. The van der Waals surface area contributed by atoms with E-state index in [1.54, 1.807) is 4.68 Å². The van der Waals surface area contributed by atoms with Crippen LogP contribution in [0.4, 0.5) is 5.69 Å². The van der Waals surface area contributed by atoms with Crippen LogP contribution < -0.4 is 4.90 Å². The number of aryl methyl sites for hydroxylation is 1. The SMILES string of the molecule is Cn1cc([C@H]2C[C@H]2C(=O)N(Cc2ccccc2)c2ccccc2)cn1. The number of nitrogens with zero attached hydrogens (tertiary/aromatic N) is 3. The Balaban J connectivity index is 1.57. The van der Waals surface area contributed by atoms with Gasteiger partial charge in [-0.2, -0.15) is 5.10 Å². The average molecular weight is 331 g/mol. The van der Waals surface area contributed by atoms with E-state index in [0.717, 1.165) is 23.2 Å². The number of carbonyl (C=O) groups is 1. The second kappa shape index (κ2) is 6.55. The van der Waals surface area contributed by atoms with Crippen LogP contribution in [0, 0.1) is 5.92 Å². The van der Waals surface area contributed by atoms with Gasteiger partial charge in [0, 0.05) is 24.8 Å². The molecule has 0 N–H and O–H groups in total. The Morgan fingerprint density at radius 2 is 1.80 bits per heavy atom. The van der Waals surface area contributed by atoms with Crippen LogP contribution in [0.1, 0.15) is 23.5 Å². The van der Waals surface area contributed by atoms with Gasteiger partial charge in [0.25, 0.3) is 0 Å². The fourth-order valence-corrected chi connectivity index (χ4v) is 3.34. The van der Waals surface area contributed by atoms with Gasteiger partial charge in [0.05, 0.1) is 12.7 Å². The predicted molar refractivity (Wildman–Crippen MR) is 98.1 cm³/mol. The minimum atomic E-state index is 0.0492. The van der Waals surface area contributed by atoms with Crippen molar-refractivity contribution in [2.24, 2.45) is 13.0 Å². The number of hydrogen-bond acceptors (Lipinski definition) is 2. The lowest BCUT2D eigenvalue weighted by molar-refractivity contribution is -0.120. The summed E-state index contributed by atoms with van der Waals surface area (Å²) in [6, 6.07) is 20.1. The zero-order chi connectivity index (χ0) is 17.2. The number of benzene rings is 2. The van der Waals surface area contributed by atoms with E-state index >= 15 is 0 Å². The minimum Gasteiger partial charge on any atom is -0.308 e. The zero-order valence-corrected chi connectivity index (χ0v) is 14.2. The number of amides is 1. The van der Waals surface area contributed by atoms with E-state index in [1.807, 2.05) is 72.9 Å². The monoisotopic (exact) mass is 331 g/mol. The summed E-state index contributed by atoms with van der Waals surface area (Å²) >= 11 is 0. The topological polar surface area (TPSA) is 38.1 Å². The van der Waals surface area contributed by atoms with Crippen LogP contribution in [-0.4, -0.2) is 15.7 Å². The largest absolute Gasteiger partial charge is 0.308 e. The van der Waals surface area contributed by atoms with Crippen LogP contribution in [0.5, 0.6) is 0 Å². The highest BCUT2D eigenvalue weighted by Gasteiger charge is 2.46. The third-order valence-electron chi connectivity index (χ3n) is 4.78. The molecule has 4 rings (SSSR count). The normalized spacial score (nSPS) is 18.8. The molecule has 0 bridgehead atoms. The number of carbonyl (C=O) groups excluding carboxylic acids is 1. The first-order valence-corrected chi connectivity index (χ1v) is 8.61. The highest BCUT2D eigenvalue weighted by molar-refractivity contribution is 5.97. The molecule has 1 saturated carbocycles. The Morgan fingerprint density at radius 3 is 2.44 bits per heavy atom. The van der Waals surface area contributed by atoms with E-state index in [2.05, 4.69) is 17.2 Å². The molecule has 0 unspecified atom stereocenters. The van der Waals surface area contributed by atoms with Crippen molar-refractivity contribution in [1.29, 1.82) is 0 Å². The van der Waals surface area contributed by atoms with Crippen molar-refractivity contribution in [2.45, 2.75) is 18.9 Å². The molecule has 0 spiro atoms. The maximum atomic E-state index is 13.2. The first-order chi connectivity index (χ1) is 12.2. The first kappa shape index (κ1) is 15.6. The van der Waals surface area contributed by atoms with E-state index in [0.29, 0.717) is 12.5 Å². The average Bonchev–Trinajstić information content (AvgIpc) is 3.34. The van der Waals surface area contributed by atoms with Gasteiger partial charge in [0.2, 0.25) is 5.91 Å². The minimum absolute atomic E-state index is 0.0492. The Bertz CT molecular complexity index is 857. The number of aromatic nitrogens is 2. The van der Waals surface area contributed by atoms with Crippen LogP contribution in [0.2, 0.25) is 0 Å². The molecule has 1 amide bonds. The summed E-state index contributed by atoms with van der Waals surface area (Å²) in [5.74, 6) is 0.542. The van der Waals surface area contributed by atoms with Gasteiger partial charge in [0.1, 0.15) is 0 Å². The lowest BCUT2D eigenvalue weighted by Crippen LogP contribution is -2.32. The smallest absolute Gasteiger partial charge is 0.231 e. The van der Waals surface area contributed by atoms with Crippen molar-refractivity contribution in [2.75, 3.05) is 4.90 Å². The lowest BCUT2D eigenvalue weighted by atomic mass is 10.1. The van der Waals surface area contributed by atoms with Gasteiger partial charge < -0.3 is 4.90 Å². The van der Waals surface area contributed by atoms with Gasteiger partial charge in [-0.05, 0) is 35.6 Å². The number of hydrogen-bond donors (Lipinski definition) is 0. The quantitative estimate of drug-likeness (QED) is 0.714. The molecular formula is C21H21N3O. The van der Waals surface area contributed by atoms with Gasteiger partial charge in [-0.15, -0.1) is 0 Å². The molecule has 4 nitrogen and oxygen atoms in total. The summed E-state index contributed by atoms with van der Waals surface area (Å²) in [5, 5.41) is 4.23. The summed E-state index contributed by atoms with van der Waals surface area (Å²) in [7, 11) is 1.91. The van der Waals surface area contributed by atoms with E-state index < -0.39 is 0 Å². The van der Waals surface area contributed by atoms with E-state index in [4.69, 9.17) is 0 Å². The van der Waals surface area contributed by atoms with Crippen LogP contribution in [0.15, 0.2) is 73.1 Å². The molecule has 126 valence electrons. The van der Waals surface area contributed by atoms with Crippen molar-refractivity contribution in [3.8, 4) is 0 Å². The summed E-state index contributed by atoms with van der Waals surface area (Å²) in [6.45, 7) is 0.597. The fraction of sp³-hybridized carbons (Fsp3) is 0.238. The van der Waals surface area contributed by atoms with Gasteiger partial charge in [-0.3, -0.25) is 9.48 Å². The van der Waals surface area contributed by atoms with Crippen molar-refractivity contribution >= 4 is 11.6 Å². The molecule has 0 radical (unpaired) electrons. The maximum Gasteiger partial charge on any atom is 0.231 e. The van der Waals surface area contributed by atoms with E-state index in [9.17, 15) is 4.79 Å². The molecule has 2 aromatic carbocycles. The van der Waals surface area contributed by atoms with Gasteiger partial charge in [-0.25, -0.2) is 0 Å². The Kier molecular flexibility index (Phi) is 4.10. The van der Waals surface area contributed by atoms with Crippen molar-refractivity contribution in [3.63, 3.8) is 0 Å². The zero-order valence-electron chi connectivity index (χ0n) is 14.2. The standard InChI is InChI=1S/C21H21N3O/c1-23-15-17(13-22-23)19-12-20(19)21(25)24(18-10-6-3-7-11-18)14-16-8-4-2-5-9-16/h2-11,13,15,19-20H,12,14H2,1H3/t19-,20-/m1/s1. The highest BCUT2D eigenvalue weighted by atomic mass is 16.2. The van der Waals surface area contributed by atoms with Crippen molar-refractivity contribution in [3.05, 3.63) is 84.2 Å². The maximum absolute atomic E-state index is 13.2. The molecule has 0 aliphatic heterocycles. The molecule has 25 heavy (non-hydrogen) atoms. The lowest BCUT2D eigenvalue weighted by Gasteiger charge is -2.23. The first-order valence-electron chi connectivity index (χ1n) is 8.61. The number of rotatable bonds is 5. The molecule has 3 aromatic rings. The second-order valence-corrected chi connectivity index (χ2v) is 6.64. The summed E-state index contributed by atoms with van der Waals surface area (Å²) < 4.78 is 1.80. The molecule has 2 atom stereocenters. The number of anilines is 1. The molecule has 1 heterocycles. The third-order valence-corrected chi connectivity index (χ3v) is 4.78. The molecule has 0 saturated heterocycles. The molecule has 1 fully saturated rings. The Labute approximate surface area is 147 Å². The molecule has 1 aliphatic carbocycles. The van der Waals surface area contributed by atoms with Crippen LogP contribution >= 0.6 is 0 Å². The molecule has 1 aromatic heterocycles. The molecule has 4 heteroatoms. The van der Waals surface area contributed by atoms with E-state index in [-0.39, 0.29) is 11.8 Å². The van der Waals surface area contributed by atoms with E-state index in [1.165, 1.54) is 0 Å². The fourth-order valence-electron chi connectivity index (χ4n) is 3.34. The summed E-state index contributed by atoms with van der Waals surface area (Å²) in [6.07, 6.45) is 4.80. The second-order valence-electron chi connectivity index (χ2n) is 6.64. The predicted octanol–water partition coefficient (Wildman–Crippen LogP) is 3.76. The summed E-state index contributed by atoms with van der Waals surface area (Å²) in [4.78, 5) is 15.1. The van der Waals surface area contributed by atoms with Gasteiger partial charge in [0.15, 0.2) is 0 Å². The third kappa shape index (κ3) is 3.33. The van der Waals surface area contributed by atoms with Crippen molar-refractivity contribution in [1.82, 2.24) is 9.78 Å². The van der Waals surface area contributed by atoms with Crippen LogP contribution in [-0.2, 0) is 18.4 Å². The van der Waals surface area contributed by atoms with Crippen LogP contribution in [0.25, 0.3) is 0 Å². The van der Waals surface area contributed by atoms with Crippen molar-refractivity contribution < 1.29 is 4.79 Å². The Hall–Kier alpha value is -2.88. The summed E-state index contributed by atoms with van der Waals surface area (Å²) in [5.41, 5.74) is 3.25. The van der Waals surface area contributed by atoms with Gasteiger partial charge in [-0.1, -0.05) is 48.5 Å². The van der Waals surface area contributed by atoms with Gasteiger partial charge >= 0.3 is 0 Å². The molecule has 1 aliphatic rings.